The molecule has 1 aromatic carbocycles. The summed E-state index contributed by atoms with van der Waals surface area (Å²) >= 11 is 3.38. The number of nitrogens with one attached hydrogen (secondary N) is 1. The molecule has 94 valence electrons. The van der Waals surface area contributed by atoms with E-state index in [1.54, 1.807) is 6.07 Å². The summed E-state index contributed by atoms with van der Waals surface area (Å²) in [7, 11) is 0. The van der Waals surface area contributed by atoms with Gasteiger partial charge in [0.1, 0.15) is 5.82 Å². The van der Waals surface area contributed by atoms with Crippen molar-refractivity contribution < 1.29 is 4.39 Å². The Balaban J connectivity index is 1.90. The van der Waals surface area contributed by atoms with Gasteiger partial charge in [-0.15, -0.1) is 0 Å². The SMILES string of the molecule is C[C@@H]1CN(CCc2cc(Br)ccc2F)CCN1. The number of halogens is 2. The Kier molecular flexibility index (Phi) is 4.54. The Bertz CT molecular complexity index is 384. The molecule has 0 spiro atoms. The molecular weight excluding hydrogens is 283 g/mol. The van der Waals surface area contributed by atoms with Crippen molar-refractivity contribution in [1.82, 2.24) is 10.2 Å². The van der Waals surface area contributed by atoms with Gasteiger partial charge in [0, 0.05) is 36.7 Å². The summed E-state index contributed by atoms with van der Waals surface area (Å²) in [5, 5.41) is 3.41. The zero-order chi connectivity index (χ0) is 12.3. The van der Waals surface area contributed by atoms with Crippen molar-refractivity contribution in [3.8, 4) is 0 Å². The summed E-state index contributed by atoms with van der Waals surface area (Å²) in [5.74, 6) is -0.101. The van der Waals surface area contributed by atoms with Crippen LogP contribution < -0.4 is 5.32 Å². The van der Waals surface area contributed by atoms with Crippen molar-refractivity contribution >= 4 is 15.9 Å². The number of hydrogen-bond acceptors (Lipinski definition) is 2. The number of piperazine rings is 1. The maximum atomic E-state index is 13.5. The molecule has 1 N–H and O–H groups in total. The van der Waals surface area contributed by atoms with Gasteiger partial charge in [-0.05, 0) is 37.1 Å². The normalized spacial score (nSPS) is 21.7. The average Bonchev–Trinajstić information content (AvgIpc) is 2.30. The van der Waals surface area contributed by atoms with Crippen LogP contribution in [0.25, 0.3) is 0 Å². The van der Waals surface area contributed by atoms with Crippen LogP contribution >= 0.6 is 15.9 Å². The minimum Gasteiger partial charge on any atom is -0.312 e. The first-order valence-electron chi connectivity index (χ1n) is 6.05. The van der Waals surface area contributed by atoms with Crippen LogP contribution in [0.3, 0.4) is 0 Å². The largest absolute Gasteiger partial charge is 0.312 e. The fourth-order valence-corrected chi connectivity index (χ4v) is 2.64. The molecule has 2 rings (SSSR count). The second kappa shape index (κ2) is 5.94. The van der Waals surface area contributed by atoms with Gasteiger partial charge < -0.3 is 10.2 Å². The highest BCUT2D eigenvalue weighted by Crippen LogP contribution is 2.16. The second-order valence-corrected chi connectivity index (χ2v) is 5.56. The van der Waals surface area contributed by atoms with Crippen LogP contribution in [0.15, 0.2) is 22.7 Å². The van der Waals surface area contributed by atoms with E-state index in [4.69, 9.17) is 0 Å². The van der Waals surface area contributed by atoms with Gasteiger partial charge in [-0.3, -0.25) is 0 Å². The third-order valence-corrected chi connectivity index (χ3v) is 3.65. The molecule has 0 amide bonds. The second-order valence-electron chi connectivity index (χ2n) is 4.64. The van der Waals surface area contributed by atoms with Gasteiger partial charge in [0.2, 0.25) is 0 Å². The highest BCUT2D eigenvalue weighted by Gasteiger charge is 2.15. The van der Waals surface area contributed by atoms with Crippen LogP contribution in [0, 0.1) is 5.82 Å². The summed E-state index contributed by atoms with van der Waals surface area (Å²) in [5.41, 5.74) is 0.797. The summed E-state index contributed by atoms with van der Waals surface area (Å²) in [4.78, 5) is 2.39. The van der Waals surface area contributed by atoms with Gasteiger partial charge in [0.05, 0.1) is 0 Å². The van der Waals surface area contributed by atoms with Crippen molar-refractivity contribution in [1.29, 1.82) is 0 Å². The quantitative estimate of drug-likeness (QED) is 0.922. The fraction of sp³-hybridized carbons (Fsp3) is 0.538. The Hall–Kier alpha value is -0.450. The van der Waals surface area contributed by atoms with E-state index in [1.807, 2.05) is 6.07 Å². The van der Waals surface area contributed by atoms with Gasteiger partial charge >= 0.3 is 0 Å². The average molecular weight is 301 g/mol. The smallest absolute Gasteiger partial charge is 0.126 e. The molecule has 0 aliphatic carbocycles. The van der Waals surface area contributed by atoms with Crippen LogP contribution in [0.2, 0.25) is 0 Å². The Morgan fingerprint density at radius 3 is 3.12 bits per heavy atom. The van der Waals surface area contributed by atoms with Crippen LogP contribution in [-0.4, -0.2) is 37.1 Å². The lowest BCUT2D eigenvalue weighted by atomic mass is 10.1. The minimum atomic E-state index is -0.101. The van der Waals surface area contributed by atoms with Crippen LogP contribution in [0.1, 0.15) is 12.5 Å². The van der Waals surface area contributed by atoms with Gasteiger partial charge in [-0.25, -0.2) is 4.39 Å². The number of benzene rings is 1. The Labute approximate surface area is 110 Å². The zero-order valence-corrected chi connectivity index (χ0v) is 11.6. The molecule has 0 saturated carbocycles. The highest BCUT2D eigenvalue weighted by molar-refractivity contribution is 9.10. The van der Waals surface area contributed by atoms with Crippen LogP contribution in [0.5, 0.6) is 0 Å². The summed E-state index contributed by atoms with van der Waals surface area (Å²) in [6.07, 6.45) is 0.776. The van der Waals surface area contributed by atoms with E-state index in [0.717, 1.165) is 42.6 Å². The molecule has 1 fully saturated rings. The Morgan fingerprint density at radius 1 is 1.53 bits per heavy atom. The lowest BCUT2D eigenvalue weighted by Gasteiger charge is -2.31. The third kappa shape index (κ3) is 3.76. The lowest BCUT2D eigenvalue weighted by Crippen LogP contribution is -2.49. The molecular formula is C13H18BrFN2. The molecule has 1 aliphatic heterocycles. The predicted octanol–water partition coefficient (Wildman–Crippen LogP) is 2.42. The van der Waals surface area contributed by atoms with Gasteiger partial charge in [-0.1, -0.05) is 15.9 Å². The summed E-state index contributed by atoms with van der Waals surface area (Å²) in [6, 6.07) is 5.68. The molecule has 2 nitrogen and oxygen atoms in total. The molecule has 1 aliphatic rings. The maximum Gasteiger partial charge on any atom is 0.126 e. The molecule has 0 aromatic heterocycles. The van der Waals surface area contributed by atoms with E-state index >= 15 is 0 Å². The molecule has 0 bridgehead atoms. The standard InChI is InChI=1S/C13H18BrFN2/c1-10-9-17(7-5-16-10)6-4-11-8-12(14)2-3-13(11)15/h2-3,8,10,16H,4-7,9H2,1H3/t10-/m1/s1. The molecule has 1 saturated heterocycles. The van der Waals surface area contributed by atoms with E-state index in [-0.39, 0.29) is 5.82 Å². The van der Waals surface area contributed by atoms with E-state index in [9.17, 15) is 4.39 Å². The molecule has 1 heterocycles. The first-order valence-corrected chi connectivity index (χ1v) is 6.84. The highest BCUT2D eigenvalue weighted by atomic mass is 79.9. The summed E-state index contributed by atoms with van der Waals surface area (Å²) in [6.45, 7) is 6.25. The van der Waals surface area contributed by atoms with E-state index in [0.29, 0.717) is 6.04 Å². The van der Waals surface area contributed by atoms with Crippen molar-refractivity contribution in [2.45, 2.75) is 19.4 Å². The van der Waals surface area contributed by atoms with Gasteiger partial charge in [-0.2, -0.15) is 0 Å². The van der Waals surface area contributed by atoms with Crippen molar-refractivity contribution in [3.05, 3.63) is 34.1 Å². The van der Waals surface area contributed by atoms with Crippen LogP contribution in [-0.2, 0) is 6.42 Å². The first-order chi connectivity index (χ1) is 8.15. The zero-order valence-electron chi connectivity index (χ0n) is 10.0. The van der Waals surface area contributed by atoms with Crippen molar-refractivity contribution in [2.75, 3.05) is 26.2 Å². The minimum absolute atomic E-state index is 0.101. The lowest BCUT2D eigenvalue weighted by molar-refractivity contribution is 0.209. The number of hydrogen-bond donors (Lipinski definition) is 1. The molecule has 4 heteroatoms. The van der Waals surface area contributed by atoms with Gasteiger partial charge in [0.15, 0.2) is 0 Å². The molecule has 1 atom stereocenters. The van der Waals surface area contributed by atoms with E-state index in [1.165, 1.54) is 6.07 Å². The van der Waals surface area contributed by atoms with E-state index in [2.05, 4.69) is 33.1 Å². The number of nitrogens with zero attached hydrogens (tertiary/aromatic N) is 1. The molecule has 1 aromatic rings. The number of rotatable bonds is 3. The summed E-state index contributed by atoms with van der Waals surface area (Å²) < 4.78 is 14.5. The topological polar surface area (TPSA) is 15.3 Å². The first kappa shape index (κ1) is 13.0. The predicted molar refractivity (Wildman–Crippen MR) is 71.7 cm³/mol. The third-order valence-electron chi connectivity index (χ3n) is 3.16. The van der Waals surface area contributed by atoms with Crippen LogP contribution in [0.4, 0.5) is 4.39 Å². The van der Waals surface area contributed by atoms with E-state index < -0.39 is 0 Å². The van der Waals surface area contributed by atoms with Crippen molar-refractivity contribution in [3.63, 3.8) is 0 Å². The molecule has 0 unspecified atom stereocenters. The fourth-order valence-electron chi connectivity index (χ4n) is 2.23. The van der Waals surface area contributed by atoms with Crippen molar-refractivity contribution in [2.24, 2.45) is 0 Å². The maximum absolute atomic E-state index is 13.5. The Morgan fingerprint density at radius 2 is 2.35 bits per heavy atom. The van der Waals surface area contributed by atoms with Gasteiger partial charge in [0.25, 0.3) is 0 Å². The molecule has 17 heavy (non-hydrogen) atoms. The monoisotopic (exact) mass is 300 g/mol. The molecule has 0 radical (unpaired) electrons.